The highest BCUT2D eigenvalue weighted by atomic mass is 32.2. The predicted octanol–water partition coefficient (Wildman–Crippen LogP) is 7.14. The molecule has 1 aliphatic heterocycles. The van der Waals surface area contributed by atoms with Gasteiger partial charge in [0.15, 0.2) is 0 Å². The van der Waals surface area contributed by atoms with Gasteiger partial charge in [-0.1, -0.05) is 0 Å². The molecule has 210 valence electrons. The molecule has 0 spiro atoms. The molecule has 5 nitrogen and oxygen atoms in total. The van der Waals surface area contributed by atoms with Gasteiger partial charge in [0, 0.05) is 59.7 Å². The van der Waals surface area contributed by atoms with Crippen LogP contribution in [0, 0.1) is 0 Å². The van der Waals surface area contributed by atoms with Gasteiger partial charge < -0.3 is 0 Å². The minimum Gasteiger partial charge on any atom is -0.213 e. The summed E-state index contributed by atoms with van der Waals surface area (Å²) in [5.41, 5.74) is -26.3. The maximum Gasteiger partial charge on any atom is 0.456 e. The Morgan fingerprint density at radius 1 is 0.286 bits per heavy atom. The van der Waals surface area contributed by atoms with Gasteiger partial charge in [0.2, 0.25) is 0 Å². The number of alkyl halides is 15. The Bertz CT molecular complexity index is 515. The first-order valence-corrected chi connectivity index (χ1v) is 11.8. The third kappa shape index (κ3) is 17.6. The third-order valence-electron chi connectivity index (χ3n) is 2.74. The van der Waals surface area contributed by atoms with E-state index in [1.54, 1.807) is 0 Å². The molecule has 0 aromatic rings. The van der Waals surface area contributed by atoms with Crippen LogP contribution in [0.3, 0.4) is 0 Å². The van der Waals surface area contributed by atoms with Gasteiger partial charge in [0.05, 0.1) is 33.3 Å². The fourth-order valence-corrected chi connectivity index (χ4v) is 5.92. The van der Waals surface area contributed by atoms with Crippen LogP contribution in [0.4, 0.5) is 65.9 Å². The Balaban J connectivity index is 3.46. The van der Waals surface area contributed by atoms with E-state index in [9.17, 15) is 65.9 Å². The molecule has 1 saturated heterocycles. The van der Waals surface area contributed by atoms with Crippen LogP contribution < -0.4 is 0 Å². The van der Waals surface area contributed by atoms with E-state index in [4.69, 9.17) is 0 Å². The first-order valence-electron chi connectivity index (χ1n) is 7.93. The van der Waals surface area contributed by atoms with Crippen molar-refractivity contribution in [2.45, 2.75) is 27.5 Å². The SMILES string of the molecule is FC(F)(F)SN1CN(SC(F)(F)F)CN(SC(F)(F)F)CN(SC(F)(F)F)CN(SC(F)(F)F)C1. The van der Waals surface area contributed by atoms with Gasteiger partial charge in [-0.3, -0.25) is 0 Å². The molecule has 0 aromatic heterocycles. The van der Waals surface area contributed by atoms with E-state index in [1.807, 2.05) is 0 Å². The van der Waals surface area contributed by atoms with Crippen LogP contribution in [0.2, 0.25) is 0 Å². The second kappa shape index (κ2) is 12.6. The molecule has 1 aliphatic rings. The van der Waals surface area contributed by atoms with Crippen LogP contribution in [0.5, 0.6) is 0 Å². The molecule has 25 heteroatoms. The minimum absolute atomic E-state index is 0.115. The largest absolute Gasteiger partial charge is 0.456 e. The van der Waals surface area contributed by atoms with Crippen LogP contribution >= 0.6 is 59.7 Å². The molecule has 1 heterocycles. The van der Waals surface area contributed by atoms with Gasteiger partial charge in [0.1, 0.15) is 0 Å². The van der Waals surface area contributed by atoms with Crippen LogP contribution in [0.25, 0.3) is 0 Å². The standard InChI is InChI=1S/C10H10F15N5S5/c11-6(12,13)31-26-1-27(32-7(14,15)16)3-29(34-9(20,21)22)5-30(35-10(23,24)25)4-28(2-26)33-8(17,18)19/h1-5H2. The van der Waals surface area contributed by atoms with Gasteiger partial charge in [-0.15, -0.1) is 0 Å². The molecule has 35 heavy (non-hydrogen) atoms. The number of nitrogens with zero attached hydrogens (tertiary/aromatic N) is 5. The lowest BCUT2D eigenvalue weighted by Crippen LogP contribution is -2.49. The summed E-state index contributed by atoms with van der Waals surface area (Å²) in [7, 11) is 0. The molecular formula is C10H10F15N5S5. The summed E-state index contributed by atoms with van der Waals surface area (Å²) in [5, 5.41) is 0. The zero-order valence-electron chi connectivity index (χ0n) is 16.0. The molecule has 0 radical (unpaired) electrons. The molecule has 0 saturated carbocycles. The number of hydrogen-bond donors (Lipinski definition) is 0. The zero-order valence-corrected chi connectivity index (χ0v) is 20.1. The number of rotatable bonds is 5. The molecule has 0 amide bonds. The number of hydrogen-bond acceptors (Lipinski definition) is 10. The molecule has 0 atom stereocenters. The van der Waals surface area contributed by atoms with Gasteiger partial charge in [-0.05, 0) is 0 Å². The molecule has 0 N–H and O–H groups in total. The highest BCUT2D eigenvalue weighted by molar-refractivity contribution is 7.99. The number of halogens is 15. The maximum atomic E-state index is 12.9. The van der Waals surface area contributed by atoms with E-state index in [-0.39, 0.29) is 21.5 Å². The first-order chi connectivity index (χ1) is 15.4. The van der Waals surface area contributed by atoms with Crippen molar-refractivity contribution in [2.24, 2.45) is 0 Å². The van der Waals surface area contributed by atoms with Gasteiger partial charge in [-0.2, -0.15) is 65.9 Å². The maximum absolute atomic E-state index is 12.9. The molecule has 0 bridgehead atoms. The Morgan fingerprint density at radius 2 is 0.400 bits per heavy atom. The molecule has 1 rings (SSSR count). The van der Waals surface area contributed by atoms with Crippen molar-refractivity contribution >= 4 is 59.7 Å². The van der Waals surface area contributed by atoms with E-state index in [0.717, 1.165) is 0 Å². The normalized spacial score (nSPS) is 21.0. The Hall–Kier alpha value is 0.500. The lowest BCUT2D eigenvalue weighted by molar-refractivity contribution is -0.0431. The van der Waals surface area contributed by atoms with Crippen LogP contribution in [-0.2, 0) is 0 Å². The van der Waals surface area contributed by atoms with Gasteiger partial charge in [-0.25, -0.2) is 21.5 Å². The van der Waals surface area contributed by atoms with Crippen molar-refractivity contribution in [3.05, 3.63) is 0 Å². The zero-order chi connectivity index (χ0) is 27.5. The van der Waals surface area contributed by atoms with Gasteiger partial charge >= 0.3 is 27.5 Å². The topological polar surface area (TPSA) is 16.2 Å². The van der Waals surface area contributed by atoms with Crippen molar-refractivity contribution in [2.75, 3.05) is 33.3 Å². The molecule has 1 fully saturated rings. The average Bonchev–Trinajstić information content (AvgIpc) is 2.44. The summed E-state index contributed by atoms with van der Waals surface area (Å²) in [5.74, 6) is 0. The van der Waals surface area contributed by atoms with Crippen molar-refractivity contribution in [3.8, 4) is 0 Å². The average molecular weight is 646 g/mol. The highest BCUT2D eigenvalue weighted by Crippen LogP contribution is 2.43. The Morgan fingerprint density at radius 3 is 0.486 bits per heavy atom. The Kier molecular flexibility index (Phi) is 12.0. The van der Waals surface area contributed by atoms with E-state index in [2.05, 4.69) is 0 Å². The van der Waals surface area contributed by atoms with Crippen molar-refractivity contribution in [3.63, 3.8) is 0 Å². The second-order valence-corrected chi connectivity index (χ2v) is 11.6. The van der Waals surface area contributed by atoms with Crippen LogP contribution in [0.15, 0.2) is 0 Å². The molecule has 0 unspecified atom stereocenters. The summed E-state index contributed by atoms with van der Waals surface area (Å²) < 4.78 is 193. The third-order valence-corrected chi connectivity index (χ3v) is 6.22. The summed E-state index contributed by atoms with van der Waals surface area (Å²) >= 11 is -6.01. The monoisotopic (exact) mass is 645 g/mol. The highest BCUT2D eigenvalue weighted by Gasteiger charge is 2.44. The smallest absolute Gasteiger partial charge is 0.213 e. The summed E-state index contributed by atoms with van der Waals surface area (Å²) in [6.07, 6.45) is 0. The van der Waals surface area contributed by atoms with E-state index < -0.39 is 121 Å². The van der Waals surface area contributed by atoms with Crippen LogP contribution in [0.1, 0.15) is 0 Å². The molecule has 0 aromatic carbocycles. The van der Waals surface area contributed by atoms with E-state index in [1.165, 1.54) is 0 Å². The minimum atomic E-state index is -5.27. The fourth-order valence-electron chi connectivity index (χ4n) is 2.12. The predicted molar refractivity (Wildman–Crippen MR) is 102 cm³/mol. The van der Waals surface area contributed by atoms with Crippen molar-refractivity contribution in [1.82, 2.24) is 21.5 Å². The van der Waals surface area contributed by atoms with Crippen molar-refractivity contribution < 1.29 is 65.9 Å². The lowest BCUT2D eigenvalue weighted by atomic mass is 10.8. The second-order valence-electron chi connectivity index (χ2n) is 5.80. The van der Waals surface area contributed by atoms with E-state index in [0.29, 0.717) is 0 Å². The first kappa shape index (κ1) is 33.5. The lowest BCUT2D eigenvalue weighted by Gasteiger charge is -2.39. The fraction of sp³-hybridized carbons (Fsp3) is 1.00. The van der Waals surface area contributed by atoms with E-state index >= 15 is 0 Å². The van der Waals surface area contributed by atoms with Crippen molar-refractivity contribution in [1.29, 1.82) is 0 Å². The van der Waals surface area contributed by atoms with Gasteiger partial charge in [0.25, 0.3) is 0 Å². The summed E-state index contributed by atoms with van der Waals surface area (Å²) in [6.45, 7) is -7.41. The molecular weight excluding hydrogens is 635 g/mol. The quantitative estimate of drug-likeness (QED) is 0.226. The summed E-state index contributed by atoms with van der Waals surface area (Å²) in [4.78, 5) is 0. The van der Waals surface area contributed by atoms with Crippen LogP contribution in [-0.4, -0.2) is 82.4 Å². The Labute approximate surface area is 208 Å². The summed E-state index contributed by atoms with van der Waals surface area (Å²) in [6, 6.07) is 0. The molecule has 0 aliphatic carbocycles.